The molecule has 0 saturated heterocycles. The fourth-order valence-corrected chi connectivity index (χ4v) is 3.22. The van der Waals surface area contributed by atoms with Crippen molar-refractivity contribution in [2.75, 3.05) is 19.8 Å². The number of fused-ring (bicyclic) bond motifs is 1. The molecule has 0 bridgehead atoms. The lowest BCUT2D eigenvalue weighted by atomic mass is 9.90. The highest BCUT2D eigenvalue weighted by Gasteiger charge is 2.26. The fourth-order valence-electron chi connectivity index (χ4n) is 2.23. The molecule has 0 fully saturated rings. The van der Waals surface area contributed by atoms with Gasteiger partial charge in [-0.15, -0.1) is 11.3 Å². The summed E-state index contributed by atoms with van der Waals surface area (Å²) in [6.07, 6.45) is 3.57. The molecule has 1 aliphatic carbocycles. The number of aliphatic hydroxyl groups excluding tert-OH is 2. The maximum absolute atomic E-state index is 9.27. The average Bonchev–Trinajstić information content (AvgIpc) is 2.84. The van der Waals surface area contributed by atoms with Crippen molar-refractivity contribution >= 4 is 11.3 Å². The van der Waals surface area contributed by atoms with Crippen molar-refractivity contribution in [2.45, 2.75) is 32.2 Å². The minimum atomic E-state index is -0.423. The summed E-state index contributed by atoms with van der Waals surface area (Å²) in [6, 6.07) is 2.59. The summed E-state index contributed by atoms with van der Waals surface area (Å²) in [5.74, 6) is 0. The molecule has 17 heavy (non-hydrogen) atoms. The number of rotatable bonds is 5. The van der Waals surface area contributed by atoms with Crippen molar-refractivity contribution in [3.63, 3.8) is 0 Å². The van der Waals surface area contributed by atoms with E-state index in [2.05, 4.69) is 16.8 Å². The van der Waals surface area contributed by atoms with E-state index >= 15 is 0 Å². The first-order chi connectivity index (χ1) is 8.18. The third-order valence-electron chi connectivity index (χ3n) is 3.59. The van der Waals surface area contributed by atoms with Gasteiger partial charge in [0.15, 0.2) is 0 Å². The second-order valence-corrected chi connectivity index (χ2v) is 6.25. The Hall–Kier alpha value is -0.420. The maximum atomic E-state index is 9.27. The Balaban J connectivity index is 1.98. The van der Waals surface area contributed by atoms with Gasteiger partial charge in [0.2, 0.25) is 0 Å². The van der Waals surface area contributed by atoms with E-state index in [1.165, 1.54) is 23.3 Å². The van der Waals surface area contributed by atoms with Crippen molar-refractivity contribution in [3.8, 4) is 0 Å². The number of thiophene rings is 1. The highest BCUT2D eigenvalue weighted by Crippen LogP contribution is 2.33. The van der Waals surface area contributed by atoms with E-state index in [9.17, 15) is 10.2 Å². The molecule has 1 aromatic heterocycles. The molecular formula is C13H21NO2S. The number of hydrogen-bond donors (Lipinski definition) is 3. The molecule has 1 unspecified atom stereocenters. The van der Waals surface area contributed by atoms with Crippen molar-refractivity contribution < 1.29 is 10.2 Å². The molecule has 1 aliphatic rings. The summed E-state index contributed by atoms with van der Waals surface area (Å²) in [7, 11) is 0. The number of aliphatic hydroxyl groups is 2. The first-order valence-corrected chi connectivity index (χ1v) is 7.08. The van der Waals surface area contributed by atoms with E-state index < -0.39 is 5.41 Å². The van der Waals surface area contributed by atoms with Crippen LogP contribution in [0.3, 0.4) is 0 Å². The number of hydrogen-bond acceptors (Lipinski definition) is 4. The second-order valence-electron chi connectivity index (χ2n) is 5.25. The van der Waals surface area contributed by atoms with Crippen molar-refractivity contribution in [1.82, 2.24) is 5.32 Å². The lowest BCUT2D eigenvalue weighted by Gasteiger charge is -2.30. The molecule has 0 aromatic carbocycles. The van der Waals surface area contributed by atoms with Gasteiger partial charge in [-0.1, -0.05) is 6.92 Å². The molecule has 0 amide bonds. The van der Waals surface area contributed by atoms with E-state index in [-0.39, 0.29) is 13.2 Å². The Morgan fingerprint density at radius 3 is 2.94 bits per heavy atom. The van der Waals surface area contributed by atoms with E-state index in [0.717, 1.165) is 6.42 Å². The Labute approximate surface area is 106 Å². The van der Waals surface area contributed by atoms with E-state index in [1.807, 2.05) is 18.3 Å². The minimum Gasteiger partial charge on any atom is -0.396 e. The van der Waals surface area contributed by atoms with Gasteiger partial charge in [-0.3, -0.25) is 0 Å². The minimum absolute atomic E-state index is 0.0136. The van der Waals surface area contributed by atoms with Crippen LogP contribution in [0.25, 0.3) is 0 Å². The molecule has 96 valence electrons. The molecule has 0 aliphatic heterocycles. The van der Waals surface area contributed by atoms with Gasteiger partial charge in [0.05, 0.1) is 13.2 Å². The van der Waals surface area contributed by atoms with E-state index in [4.69, 9.17) is 0 Å². The van der Waals surface area contributed by atoms with Crippen LogP contribution in [0.4, 0.5) is 0 Å². The molecule has 3 N–H and O–H groups in total. The monoisotopic (exact) mass is 255 g/mol. The van der Waals surface area contributed by atoms with Crippen LogP contribution in [0, 0.1) is 5.41 Å². The Kier molecular flexibility index (Phi) is 4.20. The third kappa shape index (κ3) is 2.88. The van der Waals surface area contributed by atoms with Crippen LogP contribution in [0.1, 0.15) is 36.2 Å². The van der Waals surface area contributed by atoms with Crippen LogP contribution >= 0.6 is 11.3 Å². The zero-order valence-electron chi connectivity index (χ0n) is 10.3. The topological polar surface area (TPSA) is 52.5 Å². The smallest absolute Gasteiger partial charge is 0.0519 e. The van der Waals surface area contributed by atoms with Crippen LogP contribution in [0.2, 0.25) is 0 Å². The molecule has 3 nitrogen and oxygen atoms in total. The standard InChI is InChI=1S/C13H21NO2S/c1-13(8-15,9-16)7-14-11-3-2-4-12-10(11)5-6-17-12/h5-6,11,14-16H,2-4,7-9H2,1H3. The van der Waals surface area contributed by atoms with Crippen LogP contribution in [0.5, 0.6) is 0 Å². The first kappa shape index (κ1) is 13.0. The number of aryl methyl sites for hydroxylation is 1. The summed E-state index contributed by atoms with van der Waals surface area (Å²) in [5, 5.41) is 24.2. The highest BCUT2D eigenvalue weighted by atomic mass is 32.1. The Morgan fingerprint density at radius 1 is 1.47 bits per heavy atom. The van der Waals surface area contributed by atoms with Crippen molar-refractivity contribution in [3.05, 3.63) is 21.9 Å². The predicted octanol–water partition coefficient (Wildman–Crippen LogP) is 1.71. The van der Waals surface area contributed by atoms with Gasteiger partial charge in [-0.2, -0.15) is 0 Å². The molecule has 0 radical (unpaired) electrons. The van der Waals surface area contributed by atoms with Crippen molar-refractivity contribution in [1.29, 1.82) is 0 Å². The van der Waals surface area contributed by atoms with Gasteiger partial charge in [-0.25, -0.2) is 0 Å². The van der Waals surface area contributed by atoms with Crippen LogP contribution < -0.4 is 5.32 Å². The SMILES string of the molecule is CC(CO)(CO)CNC1CCCc2sccc21. The molecule has 2 rings (SSSR count). The lowest BCUT2D eigenvalue weighted by Crippen LogP contribution is -2.40. The molecule has 1 heterocycles. The first-order valence-electron chi connectivity index (χ1n) is 6.20. The molecule has 1 aromatic rings. The van der Waals surface area contributed by atoms with Gasteiger partial charge in [0.25, 0.3) is 0 Å². The van der Waals surface area contributed by atoms with Gasteiger partial charge >= 0.3 is 0 Å². The van der Waals surface area contributed by atoms with Crippen LogP contribution in [-0.4, -0.2) is 30.0 Å². The number of nitrogens with one attached hydrogen (secondary N) is 1. The Morgan fingerprint density at radius 2 is 2.24 bits per heavy atom. The summed E-state index contributed by atoms with van der Waals surface area (Å²) < 4.78 is 0. The Bertz CT molecular complexity index is 360. The third-order valence-corrected chi connectivity index (χ3v) is 4.59. The normalized spacial score (nSPS) is 20.3. The predicted molar refractivity (Wildman–Crippen MR) is 70.3 cm³/mol. The van der Waals surface area contributed by atoms with E-state index in [1.54, 1.807) is 0 Å². The summed E-state index contributed by atoms with van der Waals surface area (Å²) in [4.78, 5) is 1.49. The molecule has 0 spiro atoms. The van der Waals surface area contributed by atoms with E-state index in [0.29, 0.717) is 12.6 Å². The fraction of sp³-hybridized carbons (Fsp3) is 0.692. The van der Waals surface area contributed by atoms with Gasteiger partial charge in [-0.05, 0) is 36.3 Å². The average molecular weight is 255 g/mol. The second kappa shape index (κ2) is 5.48. The van der Waals surface area contributed by atoms with Crippen molar-refractivity contribution in [2.24, 2.45) is 5.41 Å². The van der Waals surface area contributed by atoms with Gasteiger partial charge in [0.1, 0.15) is 0 Å². The summed E-state index contributed by atoms with van der Waals surface area (Å²) in [5.41, 5.74) is 0.993. The van der Waals surface area contributed by atoms with Gasteiger partial charge in [0, 0.05) is 22.9 Å². The molecule has 0 saturated carbocycles. The highest BCUT2D eigenvalue weighted by molar-refractivity contribution is 7.10. The maximum Gasteiger partial charge on any atom is 0.0519 e. The summed E-state index contributed by atoms with van der Waals surface area (Å²) >= 11 is 1.84. The molecule has 4 heteroatoms. The molecule has 1 atom stereocenters. The van der Waals surface area contributed by atoms with Crippen LogP contribution in [0.15, 0.2) is 11.4 Å². The largest absolute Gasteiger partial charge is 0.396 e. The zero-order chi connectivity index (χ0) is 12.3. The quantitative estimate of drug-likeness (QED) is 0.751. The lowest BCUT2D eigenvalue weighted by molar-refractivity contribution is 0.0667. The molecular weight excluding hydrogens is 234 g/mol. The van der Waals surface area contributed by atoms with Gasteiger partial charge < -0.3 is 15.5 Å². The summed E-state index contributed by atoms with van der Waals surface area (Å²) in [6.45, 7) is 2.58. The zero-order valence-corrected chi connectivity index (χ0v) is 11.1. The van der Waals surface area contributed by atoms with Crippen LogP contribution in [-0.2, 0) is 6.42 Å².